The van der Waals surface area contributed by atoms with Crippen LogP contribution in [0.25, 0.3) is 0 Å². The van der Waals surface area contributed by atoms with Crippen molar-refractivity contribution in [1.82, 2.24) is 20.4 Å². The summed E-state index contributed by atoms with van der Waals surface area (Å²) in [7, 11) is 0. The second kappa shape index (κ2) is 9.65. The molecule has 4 N–H and O–H groups in total. The van der Waals surface area contributed by atoms with E-state index in [1.807, 2.05) is 9.80 Å². The molecule has 0 spiro atoms. The molecule has 8 heteroatoms. The van der Waals surface area contributed by atoms with Crippen molar-refractivity contribution >= 4 is 11.9 Å². The van der Waals surface area contributed by atoms with E-state index in [-0.39, 0.29) is 13.1 Å². The van der Waals surface area contributed by atoms with Crippen molar-refractivity contribution in [2.75, 3.05) is 65.4 Å². The van der Waals surface area contributed by atoms with Crippen LogP contribution >= 0.6 is 0 Å². The van der Waals surface area contributed by atoms with Crippen molar-refractivity contribution in [2.45, 2.75) is 0 Å². The summed E-state index contributed by atoms with van der Waals surface area (Å²) in [4.78, 5) is 25.3. The third-order valence-corrected chi connectivity index (χ3v) is 3.14. The van der Waals surface area contributed by atoms with E-state index < -0.39 is 11.9 Å². The summed E-state index contributed by atoms with van der Waals surface area (Å²) >= 11 is 0. The average Bonchev–Trinajstić information content (AvgIpc) is 2.34. The van der Waals surface area contributed by atoms with Gasteiger partial charge in [-0.15, -0.1) is 0 Å². The van der Waals surface area contributed by atoms with E-state index in [9.17, 15) is 9.59 Å². The summed E-state index contributed by atoms with van der Waals surface area (Å²) in [6, 6.07) is 0. The Morgan fingerprint density at radius 3 is 1.50 bits per heavy atom. The molecule has 1 aliphatic rings. The molecule has 0 radical (unpaired) electrons. The molecular weight excluding hydrogens is 264 g/mol. The highest BCUT2D eigenvalue weighted by molar-refractivity contribution is 5.69. The lowest BCUT2D eigenvalue weighted by molar-refractivity contribution is -0.140. The molecule has 0 aromatic rings. The molecule has 8 nitrogen and oxygen atoms in total. The molecular formula is C12H24N4O4. The summed E-state index contributed by atoms with van der Waals surface area (Å²) in [5, 5.41) is 24.3. The molecule has 1 fully saturated rings. The van der Waals surface area contributed by atoms with Crippen molar-refractivity contribution < 1.29 is 19.8 Å². The fourth-order valence-electron chi connectivity index (χ4n) is 2.11. The van der Waals surface area contributed by atoms with Crippen LogP contribution < -0.4 is 10.6 Å². The molecule has 0 unspecified atom stereocenters. The van der Waals surface area contributed by atoms with Gasteiger partial charge in [0.2, 0.25) is 0 Å². The Hall–Kier alpha value is -1.22. The Balaban J connectivity index is 2.52. The van der Waals surface area contributed by atoms with Gasteiger partial charge in [-0.3, -0.25) is 19.4 Å². The lowest BCUT2D eigenvalue weighted by Gasteiger charge is -2.26. The summed E-state index contributed by atoms with van der Waals surface area (Å²) < 4.78 is 0. The Morgan fingerprint density at radius 1 is 0.750 bits per heavy atom. The summed E-state index contributed by atoms with van der Waals surface area (Å²) in [5.74, 6) is -1.72. The largest absolute Gasteiger partial charge is 0.480 e. The number of rotatable bonds is 4. The van der Waals surface area contributed by atoms with Gasteiger partial charge >= 0.3 is 11.9 Å². The molecule has 20 heavy (non-hydrogen) atoms. The van der Waals surface area contributed by atoms with Gasteiger partial charge in [0, 0.05) is 52.4 Å². The molecule has 0 aromatic heterocycles. The van der Waals surface area contributed by atoms with Gasteiger partial charge in [0.25, 0.3) is 0 Å². The SMILES string of the molecule is O=C(O)CN1CCNCCNCCN(CC(=O)O)CC1. The Kier molecular flexibility index (Phi) is 8.12. The quantitative estimate of drug-likeness (QED) is 0.469. The number of hydrogen-bond acceptors (Lipinski definition) is 6. The molecule has 0 aromatic carbocycles. The van der Waals surface area contributed by atoms with Crippen molar-refractivity contribution in [1.29, 1.82) is 0 Å². The molecule has 0 amide bonds. The minimum Gasteiger partial charge on any atom is -0.480 e. The monoisotopic (exact) mass is 288 g/mol. The Morgan fingerprint density at radius 2 is 1.15 bits per heavy atom. The van der Waals surface area contributed by atoms with Crippen molar-refractivity contribution in [2.24, 2.45) is 0 Å². The lowest BCUT2D eigenvalue weighted by atomic mass is 10.3. The molecule has 0 atom stereocenters. The van der Waals surface area contributed by atoms with Gasteiger partial charge < -0.3 is 20.8 Å². The first kappa shape index (κ1) is 16.8. The fraction of sp³-hybridized carbons (Fsp3) is 0.833. The fourth-order valence-corrected chi connectivity index (χ4v) is 2.11. The number of aliphatic carboxylic acids is 2. The maximum Gasteiger partial charge on any atom is 0.317 e. The Bertz CT molecular complexity index is 284. The molecule has 1 saturated heterocycles. The van der Waals surface area contributed by atoms with Gasteiger partial charge in [-0.1, -0.05) is 0 Å². The topological polar surface area (TPSA) is 105 Å². The summed E-state index contributed by atoms with van der Waals surface area (Å²) in [5.41, 5.74) is 0. The van der Waals surface area contributed by atoms with E-state index in [1.54, 1.807) is 0 Å². The van der Waals surface area contributed by atoms with E-state index in [2.05, 4.69) is 10.6 Å². The van der Waals surface area contributed by atoms with E-state index >= 15 is 0 Å². The first-order valence-electron chi connectivity index (χ1n) is 6.87. The van der Waals surface area contributed by atoms with E-state index in [4.69, 9.17) is 10.2 Å². The number of carboxylic acid groups (broad SMARTS) is 2. The van der Waals surface area contributed by atoms with Crippen LogP contribution in [0.5, 0.6) is 0 Å². The van der Waals surface area contributed by atoms with Gasteiger partial charge in [0.15, 0.2) is 0 Å². The van der Waals surface area contributed by atoms with E-state index in [0.29, 0.717) is 26.2 Å². The zero-order valence-electron chi connectivity index (χ0n) is 11.7. The highest BCUT2D eigenvalue weighted by Crippen LogP contribution is 1.94. The number of carbonyl (C=O) groups is 2. The predicted molar refractivity (Wildman–Crippen MR) is 73.9 cm³/mol. The zero-order valence-corrected chi connectivity index (χ0v) is 11.7. The van der Waals surface area contributed by atoms with Crippen molar-refractivity contribution in [3.63, 3.8) is 0 Å². The minimum atomic E-state index is -0.858. The highest BCUT2D eigenvalue weighted by atomic mass is 16.4. The third-order valence-electron chi connectivity index (χ3n) is 3.14. The summed E-state index contributed by atoms with van der Waals surface area (Å²) in [6.07, 6.45) is 0. The zero-order chi connectivity index (χ0) is 14.8. The molecule has 1 aliphatic heterocycles. The second-order valence-electron chi connectivity index (χ2n) is 4.84. The maximum atomic E-state index is 10.8. The molecule has 0 bridgehead atoms. The van der Waals surface area contributed by atoms with Crippen LogP contribution in [0.1, 0.15) is 0 Å². The second-order valence-corrected chi connectivity index (χ2v) is 4.84. The number of nitrogens with one attached hydrogen (secondary N) is 2. The van der Waals surface area contributed by atoms with E-state index in [1.165, 1.54) is 0 Å². The molecule has 0 saturated carbocycles. The average molecular weight is 288 g/mol. The predicted octanol–water partition coefficient (Wildman–Crippen LogP) is -2.05. The van der Waals surface area contributed by atoms with Gasteiger partial charge in [-0.2, -0.15) is 0 Å². The van der Waals surface area contributed by atoms with Crippen LogP contribution in [0.4, 0.5) is 0 Å². The number of hydrogen-bond donors (Lipinski definition) is 4. The third kappa shape index (κ3) is 8.05. The smallest absolute Gasteiger partial charge is 0.317 e. The first-order chi connectivity index (χ1) is 9.58. The van der Waals surface area contributed by atoms with Gasteiger partial charge in [-0.25, -0.2) is 0 Å². The van der Waals surface area contributed by atoms with Crippen molar-refractivity contribution in [3.05, 3.63) is 0 Å². The van der Waals surface area contributed by atoms with Gasteiger partial charge in [0.1, 0.15) is 0 Å². The summed E-state index contributed by atoms with van der Waals surface area (Å²) in [6.45, 7) is 5.48. The van der Waals surface area contributed by atoms with Crippen LogP contribution in [-0.4, -0.2) is 97.4 Å². The van der Waals surface area contributed by atoms with Crippen LogP contribution in [0.15, 0.2) is 0 Å². The van der Waals surface area contributed by atoms with Gasteiger partial charge in [-0.05, 0) is 0 Å². The Labute approximate surface area is 118 Å². The van der Waals surface area contributed by atoms with E-state index in [0.717, 1.165) is 26.2 Å². The molecule has 116 valence electrons. The molecule has 1 rings (SSSR count). The highest BCUT2D eigenvalue weighted by Gasteiger charge is 2.14. The van der Waals surface area contributed by atoms with Crippen LogP contribution in [-0.2, 0) is 9.59 Å². The lowest BCUT2D eigenvalue weighted by Crippen LogP contribution is -2.45. The standard InChI is InChI=1S/C12H24N4O4/c17-11(18)9-15-5-3-13-1-2-14-4-6-16(8-7-15)10-12(19)20/h13-14H,1-10H2,(H,17,18)(H,19,20). The molecule has 0 aliphatic carbocycles. The normalized spacial score (nSPS) is 20.8. The number of nitrogens with zero attached hydrogens (tertiary/aromatic N) is 2. The first-order valence-corrected chi connectivity index (χ1v) is 6.87. The van der Waals surface area contributed by atoms with Crippen molar-refractivity contribution in [3.8, 4) is 0 Å². The van der Waals surface area contributed by atoms with Crippen LogP contribution in [0, 0.1) is 0 Å². The van der Waals surface area contributed by atoms with Crippen LogP contribution in [0.3, 0.4) is 0 Å². The van der Waals surface area contributed by atoms with Crippen LogP contribution in [0.2, 0.25) is 0 Å². The minimum absolute atomic E-state index is 0.0131. The number of carboxylic acids is 2. The van der Waals surface area contributed by atoms with Gasteiger partial charge in [0.05, 0.1) is 13.1 Å². The maximum absolute atomic E-state index is 10.8. The molecule has 1 heterocycles.